The fourth-order valence-electron chi connectivity index (χ4n) is 2.25. The molecule has 1 aliphatic rings. The van der Waals surface area contributed by atoms with Crippen molar-refractivity contribution in [2.45, 2.75) is 25.7 Å². The van der Waals surface area contributed by atoms with Gasteiger partial charge in [-0.05, 0) is 49.8 Å². The highest BCUT2D eigenvalue weighted by Crippen LogP contribution is 2.44. The van der Waals surface area contributed by atoms with Gasteiger partial charge in [-0.2, -0.15) is 0 Å². The summed E-state index contributed by atoms with van der Waals surface area (Å²) in [7, 11) is 0. The van der Waals surface area contributed by atoms with Crippen LogP contribution in [0.4, 0.5) is 8.78 Å². The lowest BCUT2D eigenvalue weighted by Crippen LogP contribution is -2.32. The van der Waals surface area contributed by atoms with Gasteiger partial charge in [0.15, 0.2) is 0 Å². The lowest BCUT2D eigenvalue weighted by atomic mass is 9.69. The maximum atomic E-state index is 13.8. The van der Waals surface area contributed by atoms with Crippen LogP contribution < -0.4 is 5.73 Å². The van der Waals surface area contributed by atoms with Gasteiger partial charge in [-0.15, -0.1) is 0 Å². The van der Waals surface area contributed by atoms with Crippen LogP contribution in [0.2, 0.25) is 0 Å². The molecule has 0 heterocycles. The average molecular weight is 211 g/mol. The van der Waals surface area contributed by atoms with Gasteiger partial charge in [0.2, 0.25) is 0 Å². The first-order valence-corrected chi connectivity index (χ1v) is 5.29. The van der Waals surface area contributed by atoms with Crippen molar-refractivity contribution >= 4 is 0 Å². The maximum Gasteiger partial charge on any atom is 0.132 e. The Morgan fingerprint density at radius 3 is 2.60 bits per heavy atom. The topological polar surface area (TPSA) is 26.0 Å². The van der Waals surface area contributed by atoms with E-state index in [4.69, 9.17) is 5.73 Å². The van der Waals surface area contributed by atoms with E-state index in [1.165, 1.54) is 12.1 Å². The van der Waals surface area contributed by atoms with Crippen molar-refractivity contribution in [1.29, 1.82) is 0 Å². The van der Waals surface area contributed by atoms with E-state index in [0.717, 1.165) is 12.8 Å². The van der Waals surface area contributed by atoms with Gasteiger partial charge in [0.1, 0.15) is 11.6 Å². The first kappa shape index (κ1) is 10.6. The molecule has 1 aliphatic carbocycles. The van der Waals surface area contributed by atoms with Crippen LogP contribution in [0.15, 0.2) is 12.1 Å². The Hall–Kier alpha value is -0.960. The van der Waals surface area contributed by atoms with Gasteiger partial charge in [-0.3, -0.25) is 0 Å². The summed E-state index contributed by atoms with van der Waals surface area (Å²) in [5, 5.41) is 0. The number of hydrogen-bond acceptors (Lipinski definition) is 1. The van der Waals surface area contributed by atoms with Crippen LogP contribution in [-0.4, -0.2) is 6.54 Å². The summed E-state index contributed by atoms with van der Waals surface area (Å²) in [5.41, 5.74) is 6.31. The number of halogens is 2. The van der Waals surface area contributed by atoms with E-state index in [-0.39, 0.29) is 17.4 Å². The molecular weight excluding hydrogens is 196 g/mol. The van der Waals surface area contributed by atoms with Gasteiger partial charge < -0.3 is 5.73 Å². The van der Waals surface area contributed by atoms with Gasteiger partial charge >= 0.3 is 0 Å². The molecule has 15 heavy (non-hydrogen) atoms. The van der Waals surface area contributed by atoms with Crippen molar-refractivity contribution < 1.29 is 8.78 Å². The highest BCUT2D eigenvalue weighted by atomic mass is 19.1. The van der Waals surface area contributed by atoms with E-state index < -0.39 is 11.6 Å². The Morgan fingerprint density at radius 1 is 1.33 bits per heavy atom. The zero-order valence-electron chi connectivity index (χ0n) is 8.76. The molecule has 0 radical (unpaired) electrons. The molecular formula is C12H15F2N. The normalized spacial score (nSPS) is 25.1. The number of rotatable bonds is 2. The van der Waals surface area contributed by atoms with Gasteiger partial charge in [-0.1, -0.05) is 6.07 Å². The average Bonchev–Trinajstić information content (AvgIpc) is 2.17. The second-order valence-corrected chi connectivity index (χ2v) is 4.27. The third kappa shape index (κ3) is 1.65. The third-order valence-electron chi connectivity index (χ3n) is 3.41. The summed E-state index contributed by atoms with van der Waals surface area (Å²) in [4.78, 5) is 0. The molecule has 3 heteroatoms. The first-order chi connectivity index (χ1) is 7.15. The maximum absolute atomic E-state index is 13.8. The van der Waals surface area contributed by atoms with Crippen LogP contribution in [0.1, 0.15) is 29.9 Å². The van der Waals surface area contributed by atoms with Gasteiger partial charge in [0.25, 0.3) is 0 Å². The summed E-state index contributed by atoms with van der Waals surface area (Å²) in [6.07, 6.45) is 1.83. The molecule has 2 N–H and O–H groups in total. The molecule has 1 aromatic carbocycles. The molecule has 82 valence electrons. The summed E-state index contributed by atoms with van der Waals surface area (Å²) in [5.74, 6) is -0.593. The summed E-state index contributed by atoms with van der Waals surface area (Å²) >= 11 is 0. The Kier molecular flexibility index (Phi) is 2.74. The number of hydrogen-bond donors (Lipinski definition) is 1. The minimum atomic E-state index is -0.429. The van der Waals surface area contributed by atoms with Crippen LogP contribution in [-0.2, 0) is 0 Å². The Morgan fingerprint density at radius 2 is 2.07 bits per heavy atom. The minimum Gasteiger partial charge on any atom is -0.330 e. The third-order valence-corrected chi connectivity index (χ3v) is 3.41. The highest BCUT2D eigenvalue weighted by Gasteiger charge is 2.35. The van der Waals surface area contributed by atoms with Crippen LogP contribution >= 0.6 is 0 Å². The Labute approximate surface area is 88.3 Å². The number of aryl methyl sites for hydroxylation is 1. The van der Waals surface area contributed by atoms with E-state index in [0.29, 0.717) is 12.1 Å². The Bertz CT molecular complexity index is 374. The molecule has 1 aromatic rings. The van der Waals surface area contributed by atoms with Crippen molar-refractivity contribution in [2.24, 2.45) is 11.7 Å². The fourth-order valence-corrected chi connectivity index (χ4v) is 2.25. The summed E-state index contributed by atoms with van der Waals surface area (Å²) < 4.78 is 27.3. The predicted octanol–water partition coefficient (Wildman–Crippen LogP) is 2.73. The van der Waals surface area contributed by atoms with Crippen LogP contribution in [0.3, 0.4) is 0 Å². The lowest BCUT2D eigenvalue weighted by molar-refractivity contribution is 0.250. The zero-order valence-corrected chi connectivity index (χ0v) is 8.76. The molecule has 0 bridgehead atoms. The molecule has 1 saturated carbocycles. The second-order valence-electron chi connectivity index (χ2n) is 4.27. The number of nitrogens with two attached hydrogens (primary N) is 1. The van der Waals surface area contributed by atoms with Gasteiger partial charge in [-0.25, -0.2) is 8.78 Å². The zero-order chi connectivity index (χ0) is 11.0. The van der Waals surface area contributed by atoms with E-state index in [1.54, 1.807) is 6.92 Å². The van der Waals surface area contributed by atoms with Crippen molar-refractivity contribution in [3.8, 4) is 0 Å². The molecule has 0 amide bonds. The quantitative estimate of drug-likeness (QED) is 0.799. The predicted molar refractivity (Wildman–Crippen MR) is 55.6 cm³/mol. The fraction of sp³-hybridized carbons (Fsp3) is 0.500. The van der Waals surface area contributed by atoms with E-state index in [2.05, 4.69) is 0 Å². The molecule has 1 nitrogen and oxygen atoms in total. The SMILES string of the molecule is Cc1ccc(F)c(C2CCC2CN)c1F. The van der Waals surface area contributed by atoms with Crippen molar-refractivity contribution in [2.75, 3.05) is 6.54 Å². The van der Waals surface area contributed by atoms with Crippen LogP contribution in [0, 0.1) is 24.5 Å². The van der Waals surface area contributed by atoms with Crippen molar-refractivity contribution in [3.63, 3.8) is 0 Å². The first-order valence-electron chi connectivity index (χ1n) is 5.29. The summed E-state index contributed by atoms with van der Waals surface area (Å²) in [6, 6.07) is 2.82. The van der Waals surface area contributed by atoms with Crippen molar-refractivity contribution in [3.05, 3.63) is 34.9 Å². The largest absolute Gasteiger partial charge is 0.330 e. The molecule has 0 spiro atoms. The van der Waals surface area contributed by atoms with Crippen molar-refractivity contribution in [1.82, 2.24) is 0 Å². The van der Waals surface area contributed by atoms with Crippen LogP contribution in [0.5, 0.6) is 0 Å². The standard InChI is InChI=1S/C12H15F2N/c1-7-2-5-10(13)11(12(7)14)9-4-3-8(9)6-15/h2,5,8-9H,3-4,6,15H2,1H3. The molecule has 0 aliphatic heterocycles. The molecule has 2 atom stereocenters. The molecule has 1 fully saturated rings. The molecule has 0 saturated heterocycles. The number of benzene rings is 1. The van der Waals surface area contributed by atoms with E-state index >= 15 is 0 Å². The molecule has 0 aromatic heterocycles. The molecule has 2 rings (SSSR count). The van der Waals surface area contributed by atoms with E-state index in [9.17, 15) is 8.78 Å². The van der Waals surface area contributed by atoms with E-state index in [1.807, 2.05) is 0 Å². The smallest absolute Gasteiger partial charge is 0.132 e. The lowest BCUT2D eigenvalue weighted by Gasteiger charge is -2.36. The van der Waals surface area contributed by atoms with Gasteiger partial charge in [0.05, 0.1) is 0 Å². The second kappa shape index (κ2) is 3.89. The monoisotopic (exact) mass is 211 g/mol. The van der Waals surface area contributed by atoms with Gasteiger partial charge in [0, 0.05) is 5.56 Å². The summed E-state index contributed by atoms with van der Waals surface area (Å²) in [6.45, 7) is 2.17. The van der Waals surface area contributed by atoms with Crippen LogP contribution in [0.25, 0.3) is 0 Å². The Balaban J connectivity index is 2.39. The minimum absolute atomic E-state index is 0.0186. The highest BCUT2D eigenvalue weighted by molar-refractivity contribution is 5.31. The molecule has 2 unspecified atom stereocenters.